The molecule has 0 saturated heterocycles. The Morgan fingerprint density at radius 3 is 2.65 bits per heavy atom. The highest BCUT2D eigenvalue weighted by Crippen LogP contribution is 2.23. The molecular weight excluding hydrogens is 294 g/mol. The Labute approximate surface area is 127 Å². The van der Waals surface area contributed by atoms with Crippen LogP contribution in [0.1, 0.15) is 11.5 Å². The summed E-state index contributed by atoms with van der Waals surface area (Å²) in [4.78, 5) is 10.1. The number of anilines is 1. The first kappa shape index (κ1) is 15.1. The van der Waals surface area contributed by atoms with Crippen LogP contribution in [0, 0.1) is 0 Å². The first-order valence-corrected chi connectivity index (χ1v) is 7.49. The molecule has 0 saturated carbocycles. The summed E-state index contributed by atoms with van der Waals surface area (Å²) in [6, 6.07) is 9.63. The van der Waals surface area contributed by atoms with Crippen molar-refractivity contribution >= 4 is 29.2 Å². The smallest absolute Gasteiger partial charge is 0.141 e. The molecule has 1 aromatic heterocycles. The van der Waals surface area contributed by atoms with E-state index in [2.05, 4.69) is 15.3 Å². The Morgan fingerprint density at radius 1 is 1.25 bits per heavy atom. The summed E-state index contributed by atoms with van der Waals surface area (Å²) >= 11 is 7.54. The summed E-state index contributed by atoms with van der Waals surface area (Å²) in [6.45, 7) is 0.482. The van der Waals surface area contributed by atoms with Gasteiger partial charge < -0.3 is 10.1 Å². The Balaban J connectivity index is 2.07. The monoisotopic (exact) mass is 309 g/mol. The molecule has 1 N–H and O–H groups in total. The molecule has 20 heavy (non-hydrogen) atoms. The number of nitrogens with zero attached hydrogens (tertiary/aromatic N) is 2. The Kier molecular flexibility index (Phi) is 5.64. The van der Waals surface area contributed by atoms with E-state index >= 15 is 0 Å². The van der Waals surface area contributed by atoms with E-state index in [1.807, 2.05) is 37.4 Å². The van der Waals surface area contributed by atoms with Crippen LogP contribution in [0.25, 0.3) is 0 Å². The minimum absolute atomic E-state index is 0.482. The fourth-order valence-corrected chi connectivity index (χ4v) is 2.52. The van der Waals surface area contributed by atoms with Gasteiger partial charge in [0.2, 0.25) is 0 Å². The van der Waals surface area contributed by atoms with Gasteiger partial charge in [-0.3, -0.25) is 0 Å². The Hall–Kier alpha value is -1.30. The van der Waals surface area contributed by atoms with Gasteiger partial charge >= 0.3 is 0 Å². The lowest BCUT2D eigenvalue weighted by Crippen LogP contribution is -2.03. The van der Waals surface area contributed by atoms with Crippen LogP contribution < -0.4 is 5.32 Å². The third-order valence-corrected chi connectivity index (χ3v) is 3.82. The van der Waals surface area contributed by atoms with E-state index in [0.29, 0.717) is 12.4 Å². The zero-order valence-electron chi connectivity index (χ0n) is 11.4. The number of nitrogens with one attached hydrogen (secondary N) is 1. The molecule has 2 rings (SSSR count). The van der Waals surface area contributed by atoms with Crippen LogP contribution in [0.3, 0.4) is 0 Å². The quantitative estimate of drug-likeness (QED) is 0.826. The van der Waals surface area contributed by atoms with Gasteiger partial charge in [0.25, 0.3) is 0 Å². The molecule has 106 valence electrons. The van der Waals surface area contributed by atoms with Gasteiger partial charge in [0.15, 0.2) is 0 Å². The third-order valence-electron chi connectivity index (χ3n) is 2.56. The molecule has 4 nitrogen and oxygen atoms in total. The predicted octanol–water partition coefficient (Wildman–Crippen LogP) is 3.61. The van der Waals surface area contributed by atoms with Crippen molar-refractivity contribution in [3.63, 3.8) is 0 Å². The van der Waals surface area contributed by atoms with Crippen LogP contribution in [-0.4, -0.2) is 24.1 Å². The minimum atomic E-state index is 0.482. The van der Waals surface area contributed by atoms with Gasteiger partial charge in [-0.25, -0.2) is 9.97 Å². The van der Waals surface area contributed by atoms with Crippen molar-refractivity contribution < 1.29 is 4.74 Å². The molecule has 1 heterocycles. The van der Waals surface area contributed by atoms with Crippen molar-refractivity contribution in [3.05, 3.63) is 46.9 Å². The zero-order chi connectivity index (χ0) is 14.4. The second-order valence-electron chi connectivity index (χ2n) is 4.09. The Bertz CT molecular complexity index is 563. The number of hydrogen-bond donors (Lipinski definition) is 1. The van der Waals surface area contributed by atoms with Crippen molar-refractivity contribution in [2.75, 3.05) is 19.5 Å². The zero-order valence-corrected chi connectivity index (χ0v) is 13.0. The van der Waals surface area contributed by atoms with Gasteiger partial charge in [0.05, 0.1) is 18.1 Å². The maximum absolute atomic E-state index is 5.87. The summed E-state index contributed by atoms with van der Waals surface area (Å²) in [5, 5.41) is 3.78. The third kappa shape index (κ3) is 4.37. The second kappa shape index (κ2) is 7.47. The largest absolute Gasteiger partial charge is 0.378 e. The molecule has 0 spiro atoms. The average molecular weight is 310 g/mol. The van der Waals surface area contributed by atoms with Crippen molar-refractivity contribution in [2.45, 2.75) is 17.3 Å². The van der Waals surface area contributed by atoms with E-state index < -0.39 is 0 Å². The minimum Gasteiger partial charge on any atom is -0.378 e. The van der Waals surface area contributed by atoms with Crippen LogP contribution in [0.4, 0.5) is 5.82 Å². The SMILES string of the molecule is CNc1cc(COC)nc(CSc2ccc(Cl)cc2)n1. The number of halogens is 1. The van der Waals surface area contributed by atoms with Crippen LogP contribution in [0.2, 0.25) is 5.02 Å². The number of aromatic nitrogens is 2. The molecule has 1 aromatic carbocycles. The van der Waals surface area contributed by atoms with Crippen molar-refractivity contribution in [1.29, 1.82) is 0 Å². The fraction of sp³-hybridized carbons (Fsp3) is 0.286. The van der Waals surface area contributed by atoms with Gasteiger partial charge in [-0.05, 0) is 24.3 Å². The molecule has 0 bridgehead atoms. The highest BCUT2D eigenvalue weighted by molar-refractivity contribution is 7.98. The molecule has 0 radical (unpaired) electrons. The lowest BCUT2D eigenvalue weighted by molar-refractivity contribution is 0.181. The maximum atomic E-state index is 5.87. The molecule has 0 aliphatic rings. The number of hydrogen-bond acceptors (Lipinski definition) is 5. The van der Waals surface area contributed by atoms with Crippen molar-refractivity contribution in [1.82, 2.24) is 9.97 Å². The standard InChI is InChI=1S/C14H16ClN3OS/c1-16-13-7-11(8-19-2)17-14(18-13)9-20-12-5-3-10(15)4-6-12/h3-7H,8-9H2,1-2H3,(H,16,17,18). The topological polar surface area (TPSA) is 47.0 Å². The molecule has 0 amide bonds. The van der Waals surface area contributed by atoms with Crippen LogP contribution in [0.5, 0.6) is 0 Å². The number of rotatable bonds is 6. The summed E-state index contributed by atoms with van der Waals surface area (Å²) in [7, 11) is 3.50. The lowest BCUT2D eigenvalue weighted by atomic mass is 10.4. The molecule has 0 aliphatic carbocycles. The molecule has 0 atom stereocenters. The van der Waals surface area contributed by atoms with E-state index in [4.69, 9.17) is 16.3 Å². The van der Waals surface area contributed by atoms with Crippen LogP contribution in [-0.2, 0) is 17.1 Å². The number of thioether (sulfide) groups is 1. The molecular formula is C14H16ClN3OS. The van der Waals surface area contributed by atoms with Gasteiger partial charge in [-0.2, -0.15) is 0 Å². The molecule has 2 aromatic rings. The number of methoxy groups -OCH3 is 1. The predicted molar refractivity (Wildman–Crippen MR) is 83.3 cm³/mol. The molecule has 6 heteroatoms. The molecule has 0 fully saturated rings. The summed E-state index contributed by atoms with van der Waals surface area (Å²) in [6.07, 6.45) is 0. The van der Waals surface area contributed by atoms with Crippen molar-refractivity contribution in [3.8, 4) is 0 Å². The number of ether oxygens (including phenoxy) is 1. The van der Waals surface area contributed by atoms with E-state index in [1.165, 1.54) is 0 Å². The normalized spacial score (nSPS) is 10.6. The van der Waals surface area contributed by atoms with Crippen molar-refractivity contribution in [2.24, 2.45) is 0 Å². The highest BCUT2D eigenvalue weighted by Gasteiger charge is 2.05. The number of benzene rings is 1. The second-order valence-corrected chi connectivity index (χ2v) is 5.57. The van der Waals surface area contributed by atoms with Crippen LogP contribution in [0.15, 0.2) is 35.2 Å². The first-order chi connectivity index (χ1) is 9.71. The van der Waals surface area contributed by atoms with Gasteiger partial charge in [0, 0.05) is 30.1 Å². The summed E-state index contributed by atoms with van der Waals surface area (Å²) in [5.41, 5.74) is 0.874. The summed E-state index contributed by atoms with van der Waals surface area (Å²) in [5.74, 6) is 2.29. The maximum Gasteiger partial charge on any atom is 0.141 e. The van der Waals surface area contributed by atoms with E-state index in [9.17, 15) is 0 Å². The van der Waals surface area contributed by atoms with E-state index in [0.717, 1.165) is 27.3 Å². The lowest BCUT2D eigenvalue weighted by Gasteiger charge is -2.07. The van der Waals surface area contributed by atoms with E-state index in [-0.39, 0.29) is 0 Å². The highest BCUT2D eigenvalue weighted by atomic mass is 35.5. The van der Waals surface area contributed by atoms with Gasteiger partial charge in [-0.1, -0.05) is 11.6 Å². The van der Waals surface area contributed by atoms with Gasteiger partial charge in [0.1, 0.15) is 11.6 Å². The van der Waals surface area contributed by atoms with Gasteiger partial charge in [-0.15, -0.1) is 11.8 Å². The molecule has 0 unspecified atom stereocenters. The van der Waals surface area contributed by atoms with E-state index in [1.54, 1.807) is 18.9 Å². The summed E-state index contributed by atoms with van der Waals surface area (Å²) < 4.78 is 5.12. The fourth-order valence-electron chi connectivity index (χ4n) is 1.65. The Morgan fingerprint density at radius 2 is 2.00 bits per heavy atom. The average Bonchev–Trinajstić information content (AvgIpc) is 2.47. The molecule has 0 aliphatic heterocycles. The first-order valence-electron chi connectivity index (χ1n) is 6.13. The van der Waals surface area contributed by atoms with Crippen LogP contribution >= 0.6 is 23.4 Å².